The van der Waals surface area contributed by atoms with Gasteiger partial charge >= 0.3 is 0 Å². The number of rotatable bonds is 6. The van der Waals surface area contributed by atoms with E-state index < -0.39 is 43.2 Å². The summed E-state index contributed by atoms with van der Waals surface area (Å²) in [6.07, 6.45) is -4.75. The molecule has 8 nitrogen and oxygen atoms in total. The second kappa shape index (κ2) is 7.81. The van der Waals surface area contributed by atoms with Crippen LogP contribution in [0.2, 0.25) is 0 Å². The lowest BCUT2D eigenvalue weighted by Crippen LogP contribution is -2.64. The molecule has 1 aliphatic heterocycles. The summed E-state index contributed by atoms with van der Waals surface area (Å²) < 4.78 is 4.93. The van der Waals surface area contributed by atoms with Gasteiger partial charge in [-0.15, -0.1) is 0 Å². The third kappa shape index (κ3) is 4.45. The Bertz CT molecular complexity index is 364. The van der Waals surface area contributed by atoms with Crippen LogP contribution in [0.4, 0.5) is 0 Å². The molecule has 1 heterocycles. The number of aliphatic hydroxyl groups is 4. The van der Waals surface area contributed by atoms with Crippen molar-refractivity contribution in [2.24, 2.45) is 11.8 Å². The van der Waals surface area contributed by atoms with Gasteiger partial charge in [0, 0.05) is 12.3 Å². The van der Waals surface area contributed by atoms with Gasteiger partial charge < -0.3 is 35.3 Å². The molecule has 7 unspecified atom stereocenters. The first kappa shape index (κ1) is 18.0. The van der Waals surface area contributed by atoms with Gasteiger partial charge in [0.25, 0.3) is 0 Å². The number of carbonyl (C=O) groups excluding carboxylic acids is 2. The number of aliphatic hydroxyl groups excluding tert-OH is 4. The maximum atomic E-state index is 11.9. The van der Waals surface area contributed by atoms with Crippen LogP contribution in [0.25, 0.3) is 0 Å². The summed E-state index contributed by atoms with van der Waals surface area (Å²) in [6.45, 7) is 2.86. The largest absolute Gasteiger partial charge is 0.394 e. The molecular weight excluding hydrogens is 282 g/mol. The molecule has 1 fully saturated rings. The molecule has 0 aliphatic carbocycles. The summed E-state index contributed by atoms with van der Waals surface area (Å²) >= 11 is 0. The van der Waals surface area contributed by atoms with E-state index in [-0.39, 0.29) is 18.3 Å². The van der Waals surface area contributed by atoms with Crippen LogP contribution in [-0.4, -0.2) is 69.9 Å². The standard InChI is InChI=1S/C13H23NO7/c1-6(7(2)4-15)3-9(17)14-10-12(19)11(18)8(5-16)21-13(10)20/h4,6-8,10-13,16,18-20H,3,5H2,1-2H3,(H,14,17). The van der Waals surface area contributed by atoms with Gasteiger partial charge in [0.1, 0.15) is 30.6 Å². The van der Waals surface area contributed by atoms with Gasteiger partial charge in [-0.1, -0.05) is 13.8 Å². The van der Waals surface area contributed by atoms with Gasteiger partial charge in [-0.2, -0.15) is 0 Å². The fourth-order valence-corrected chi connectivity index (χ4v) is 2.11. The van der Waals surface area contributed by atoms with Crippen LogP contribution < -0.4 is 5.32 Å². The Balaban J connectivity index is 2.60. The molecule has 8 heteroatoms. The van der Waals surface area contributed by atoms with E-state index in [9.17, 15) is 24.9 Å². The van der Waals surface area contributed by atoms with Crippen molar-refractivity contribution in [3.8, 4) is 0 Å². The Labute approximate surface area is 122 Å². The summed E-state index contributed by atoms with van der Waals surface area (Å²) in [5.74, 6) is -0.966. The van der Waals surface area contributed by atoms with E-state index in [1.54, 1.807) is 13.8 Å². The Morgan fingerprint density at radius 1 is 1.29 bits per heavy atom. The molecule has 1 saturated heterocycles. The molecule has 0 aromatic carbocycles. The molecule has 0 aromatic rings. The molecule has 0 radical (unpaired) electrons. The number of aldehydes is 1. The lowest BCUT2D eigenvalue weighted by Gasteiger charge is -2.40. The van der Waals surface area contributed by atoms with Crippen LogP contribution in [0.15, 0.2) is 0 Å². The van der Waals surface area contributed by atoms with Crippen molar-refractivity contribution in [2.75, 3.05) is 6.61 Å². The number of hydrogen-bond acceptors (Lipinski definition) is 7. The molecule has 0 bridgehead atoms. The zero-order valence-corrected chi connectivity index (χ0v) is 12.0. The number of carbonyl (C=O) groups is 2. The van der Waals surface area contributed by atoms with Crippen molar-refractivity contribution in [3.63, 3.8) is 0 Å². The van der Waals surface area contributed by atoms with E-state index in [0.717, 1.165) is 6.29 Å². The summed E-state index contributed by atoms with van der Waals surface area (Å²) in [4.78, 5) is 22.5. The van der Waals surface area contributed by atoms with E-state index in [2.05, 4.69) is 5.32 Å². The highest BCUT2D eigenvalue weighted by molar-refractivity contribution is 5.77. The minimum Gasteiger partial charge on any atom is -0.394 e. The Kier molecular flexibility index (Phi) is 6.69. The monoisotopic (exact) mass is 305 g/mol. The second-order valence-electron chi connectivity index (χ2n) is 5.50. The van der Waals surface area contributed by atoms with Gasteiger partial charge in [0.15, 0.2) is 6.29 Å². The van der Waals surface area contributed by atoms with Gasteiger partial charge in [-0.05, 0) is 5.92 Å². The molecule has 5 N–H and O–H groups in total. The fourth-order valence-electron chi connectivity index (χ4n) is 2.11. The van der Waals surface area contributed by atoms with E-state index in [1.807, 2.05) is 0 Å². The van der Waals surface area contributed by atoms with E-state index in [1.165, 1.54) is 0 Å². The minimum atomic E-state index is -1.54. The van der Waals surface area contributed by atoms with Crippen molar-refractivity contribution in [1.82, 2.24) is 5.32 Å². The van der Waals surface area contributed by atoms with Crippen LogP contribution >= 0.6 is 0 Å². The van der Waals surface area contributed by atoms with Crippen molar-refractivity contribution < 1.29 is 34.8 Å². The fraction of sp³-hybridized carbons (Fsp3) is 0.846. The summed E-state index contributed by atoms with van der Waals surface area (Å²) in [6, 6.07) is -1.20. The zero-order chi connectivity index (χ0) is 16.2. The van der Waals surface area contributed by atoms with Crippen molar-refractivity contribution in [2.45, 2.75) is 50.9 Å². The smallest absolute Gasteiger partial charge is 0.220 e. The van der Waals surface area contributed by atoms with Crippen molar-refractivity contribution in [1.29, 1.82) is 0 Å². The predicted molar refractivity (Wildman–Crippen MR) is 70.9 cm³/mol. The number of ether oxygens (including phenoxy) is 1. The summed E-state index contributed by atoms with van der Waals surface area (Å²) in [5.41, 5.74) is 0. The first-order valence-electron chi connectivity index (χ1n) is 6.87. The average molecular weight is 305 g/mol. The van der Waals surface area contributed by atoms with E-state index >= 15 is 0 Å². The molecule has 1 aliphatic rings. The molecule has 1 amide bonds. The van der Waals surface area contributed by atoms with Crippen molar-refractivity contribution in [3.05, 3.63) is 0 Å². The number of nitrogens with one attached hydrogen (secondary N) is 1. The molecule has 0 aromatic heterocycles. The molecule has 0 spiro atoms. The third-order valence-corrected chi connectivity index (χ3v) is 3.85. The minimum absolute atomic E-state index is 0.0371. The maximum absolute atomic E-state index is 11.9. The van der Waals surface area contributed by atoms with Crippen molar-refractivity contribution >= 4 is 12.2 Å². The number of hydrogen-bond donors (Lipinski definition) is 5. The van der Waals surface area contributed by atoms with Crippen LogP contribution in [0.5, 0.6) is 0 Å². The molecule has 122 valence electrons. The van der Waals surface area contributed by atoms with Crippen LogP contribution in [0.1, 0.15) is 20.3 Å². The van der Waals surface area contributed by atoms with E-state index in [4.69, 9.17) is 9.84 Å². The Hall–Kier alpha value is -1.06. The topological polar surface area (TPSA) is 136 Å². The SMILES string of the molecule is CC(C=O)C(C)CC(=O)NC1C(O)OC(CO)C(O)C1O. The lowest BCUT2D eigenvalue weighted by atomic mass is 9.93. The number of amides is 1. The first-order chi connectivity index (χ1) is 9.81. The van der Waals surface area contributed by atoms with Gasteiger partial charge in [0.05, 0.1) is 6.61 Å². The highest BCUT2D eigenvalue weighted by Crippen LogP contribution is 2.20. The molecule has 0 saturated carbocycles. The summed E-state index contributed by atoms with van der Waals surface area (Å²) in [7, 11) is 0. The molecule has 1 rings (SSSR count). The third-order valence-electron chi connectivity index (χ3n) is 3.85. The highest BCUT2D eigenvalue weighted by atomic mass is 16.6. The highest BCUT2D eigenvalue weighted by Gasteiger charge is 2.44. The normalized spacial score (nSPS) is 35.8. The van der Waals surface area contributed by atoms with Gasteiger partial charge in [-0.3, -0.25) is 4.79 Å². The Morgan fingerprint density at radius 3 is 2.43 bits per heavy atom. The maximum Gasteiger partial charge on any atom is 0.220 e. The predicted octanol–water partition coefficient (Wildman–Crippen LogP) is -2.24. The average Bonchev–Trinajstić information content (AvgIpc) is 2.46. The molecule has 7 atom stereocenters. The summed E-state index contributed by atoms with van der Waals surface area (Å²) in [5, 5.41) is 40.6. The second-order valence-corrected chi connectivity index (χ2v) is 5.50. The zero-order valence-electron chi connectivity index (χ0n) is 12.0. The van der Waals surface area contributed by atoms with Gasteiger partial charge in [0.2, 0.25) is 5.91 Å². The van der Waals surface area contributed by atoms with E-state index in [0.29, 0.717) is 0 Å². The quantitative estimate of drug-likeness (QED) is 0.350. The lowest BCUT2D eigenvalue weighted by molar-refractivity contribution is -0.253. The van der Waals surface area contributed by atoms with Gasteiger partial charge in [-0.25, -0.2) is 0 Å². The molecular formula is C13H23NO7. The Morgan fingerprint density at radius 2 is 1.90 bits per heavy atom. The molecule has 21 heavy (non-hydrogen) atoms. The van der Waals surface area contributed by atoms with Crippen LogP contribution in [-0.2, 0) is 14.3 Å². The van der Waals surface area contributed by atoms with Crippen LogP contribution in [0, 0.1) is 11.8 Å². The van der Waals surface area contributed by atoms with Crippen LogP contribution in [0.3, 0.4) is 0 Å². The first-order valence-corrected chi connectivity index (χ1v) is 6.87.